The van der Waals surface area contributed by atoms with Gasteiger partial charge in [0.25, 0.3) is 10.0 Å². The molecular formula is C24H20ClF4NO3S. The number of hydrogen-bond acceptors (Lipinski definition) is 3. The first-order valence-electron chi connectivity index (χ1n) is 10.4. The summed E-state index contributed by atoms with van der Waals surface area (Å²) in [6, 6.07) is 12.9. The molecule has 0 fully saturated rings. The number of benzene rings is 3. The number of β-amino-alcohol motifs (C(OH)–C–C–N with tert-alkyl or cyclic N) is 1. The molecule has 4 rings (SSSR count). The highest BCUT2D eigenvalue weighted by Gasteiger charge is 2.36. The first kappa shape index (κ1) is 24.5. The van der Waals surface area contributed by atoms with Crippen LogP contribution in [0.1, 0.15) is 22.3 Å². The van der Waals surface area contributed by atoms with Crippen molar-refractivity contribution < 1.29 is 31.1 Å². The summed E-state index contributed by atoms with van der Waals surface area (Å²) in [4.78, 5) is -0.522. The SMILES string of the molecule is O=S(=O)(c1cccc(C(F)(F)F)c1)N1C[C@H](O)Cc2ccc(CCc3c(F)cccc3Cl)cc21. The second-order valence-corrected chi connectivity index (χ2v) is 10.4. The first-order chi connectivity index (χ1) is 16.0. The molecule has 0 saturated heterocycles. The highest BCUT2D eigenvalue weighted by atomic mass is 35.5. The van der Waals surface area contributed by atoms with Gasteiger partial charge in [0.2, 0.25) is 0 Å². The Morgan fingerprint density at radius 1 is 1.03 bits per heavy atom. The smallest absolute Gasteiger partial charge is 0.391 e. The van der Waals surface area contributed by atoms with Crippen molar-refractivity contribution in [3.8, 4) is 0 Å². The lowest BCUT2D eigenvalue weighted by Crippen LogP contribution is -2.42. The van der Waals surface area contributed by atoms with Crippen LogP contribution in [0.2, 0.25) is 5.02 Å². The minimum atomic E-state index is -4.70. The fourth-order valence-electron chi connectivity index (χ4n) is 4.01. The van der Waals surface area contributed by atoms with Gasteiger partial charge in [-0.1, -0.05) is 35.9 Å². The molecule has 0 bridgehead atoms. The van der Waals surface area contributed by atoms with Crippen molar-refractivity contribution in [3.05, 3.63) is 93.8 Å². The van der Waals surface area contributed by atoms with Crippen molar-refractivity contribution in [1.29, 1.82) is 0 Å². The molecule has 0 saturated carbocycles. The van der Waals surface area contributed by atoms with Crippen LogP contribution in [0.5, 0.6) is 0 Å². The van der Waals surface area contributed by atoms with E-state index in [-0.39, 0.29) is 30.1 Å². The van der Waals surface area contributed by atoms with Crippen LogP contribution in [0.4, 0.5) is 23.2 Å². The van der Waals surface area contributed by atoms with Crippen LogP contribution in [0.15, 0.2) is 65.6 Å². The Morgan fingerprint density at radius 2 is 1.76 bits per heavy atom. The van der Waals surface area contributed by atoms with Crippen molar-refractivity contribution >= 4 is 27.3 Å². The van der Waals surface area contributed by atoms with Crippen LogP contribution in [-0.4, -0.2) is 26.2 Å². The quantitative estimate of drug-likeness (QED) is 0.465. The fourth-order valence-corrected chi connectivity index (χ4v) is 5.84. The largest absolute Gasteiger partial charge is 0.416 e. The van der Waals surface area contributed by atoms with Crippen molar-refractivity contribution in [3.63, 3.8) is 0 Å². The predicted molar refractivity (Wildman–Crippen MR) is 121 cm³/mol. The predicted octanol–water partition coefficient (Wildman–Crippen LogP) is 5.40. The van der Waals surface area contributed by atoms with Gasteiger partial charge in [-0.25, -0.2) is 12.8 Å². The van der Waals surface area contributed by atoms with Crippen LogP contribution in [0.3, 0.4) is 0 Å². The summed E-state index contributed by atoms with van der Waals surface area (Å²) in [6.45, 7) is -0.297. The minimum absolute atomic E-state index is 0.198. The van der Waals surface area contributed by atoms with Gasteiger partial charge in [-0.2, -0.15) is 13.2 Å². The molecular weight excluding hydrogens is 494 g/mol. The van der Waals surface area contributed by atoms with E-state index < -0.39 is 38.6 Å². The standard InChI is InChI=1S/C24H20ClF4NO3S/c25-21-5-2-6-22(26)20(21)10-8-15-7-9-16-12-18(31)14-30(23(16)11-15)34(32,33)19-4-1-3-17(13-19)24(27,28)29/h1-7,9,11,13,18,31H,8,10,12,14H2/t18-/m1/s1. The lowest BCUT2D eigenvalue weighted by molar-refractivity contribution is -0.137. The maximum Gasteiger partial charge on any atom is 0.416 e. The molecule has 3 aromatic rings. The second kappa shape index (κ2) is 9.20. The van der Waals surface area contributed by atoms with Gasteiger partial charge in [-0.05, 0) is 60.4 Å². The van der Waals surface area contributed by atoms with Gasteiger partial charge in [-0.3, -0.25) is 4.31 Å². The van der Waals surface area contributed by atoms with Crippen molar-refractivity contribution in [2.75, 3.05) is 10.8 Å². The molecule has 1 aliphatic heterocycles. The van der Waals surface area contributed by atoms with Crippen LogP contribution in [0, 0.1) is 5.82 Å². The summed E-state index contributed by atoms with van der Waals surface area (Å²) in [7, 11) is -4.40. The van der Waals surface area contributed by atoms with E-state index >= 15 is 0 Å². The van der Waals surface area contributed by atoms with Gasteiger partial charge in [-0.15, -0.1) is 0 Å². The van der Waals surface area contributed by atoms with Crippen LogP contribution in [0.25, 0.3) is 0 Å². The average molecular weight is 514 g/mol. The third-order valence-electron chi connectivity index (χ3n) is 5.73. The van der Waals surface area contributed by atoms with Gasteiger partial charge in [0.1, 0.15) is 5.82 Å². The molecule has 0 aliphatic carbocycles. The normalized spacial score (nSPS) is 16.4. The van der Waals surface area contributed by atoms with Crippen molar-refractivity contribution in [2.24, 2.45) is 0 Å². The Labute approximate surface area is 199 Å². The van der Waals surface area contributed by atoms with Crippen LogP contribution in [-0.2, 0) is 35.5 Å². The maximum absolute atomic E-state index is 14.1. The molecule has 1 aliphatic rings. The number of aliphatic hydroxyl groups is 1. The Hall–Kier alpha value is -2.62. The molecule has 0 radical (unpaired) electrons. The summed E-state index contributed by atoms with van der Waals surface area (Å²) in [6.07, 6.45) is -4.90. The lowest BCUT2D eigenvalue weighted by Gasteiger charge is -2.33. The highest BCUT2D eigenvalue weighted by Crippen LogP contribution is 2.36. The number of rotatable bonds is 5. The van der Waals surface area contributed by atoms with E-state index in [2.05, 4.69) is 0 Å². The number of aliphatic hydroxyl groups excluding tert-OH is 1. The molecule has 34 heavy (non-hydrogen) atoms. The third kappa shape index (κ3) is 4.92. The van der Waals surface area contributed by atoms with E-state index in [1.807, 2.05) is 0 Å². The zero-order chi connectivity index (χ0) is 24.7. The molecule has 3 aromatic carbocycles. The fraction of sp³-hybridized carbons (Fsp3) is 0.250. The summed E-state index contributed by atoms with van der Waals surface area (Å²) < 4.78 is 81.2. The van der Waals surface area contributed by atoms with Crippen molar-refractivity contribution in [1.82, 2.24) is 0 Å². The third-order valence-corrected chi connectivity index (χ3v) is 7.86. The van der Waals surface area contributed by atoms with Crippen LogP contribution < -0.4 is 4.31 Å². The zero-order valence-corrected chi connectivity index (χ0v) is 19.3. The van der Waals surface area contributed by atoms with E-state index in [4.69, 9.17) is 11.6 Å². The molecule has 0 unspecified atom stereocenters. The first-order valence-corrected chi connectivity index (χ1v) is 12.2. The van der Waals surface area contributed by atoms with E-state index in [1.165, 1.54) is 12.1 Å². The molecule has 0 aromatic heterocycles. The summed E-state index contributed by atoms with van der Waals surface area (Å²) in [5.41, 5.74) is 0.771. The second-order valence-electron chi connectivity index (χ2n) is 8.08. The number of alkyl halides is 3. The summed E-state index contributed by atoms with van der Waals surface area (Å²) in [5, 5.41) is 10.5. The molecule has 4 nitrogen and oxygen atoms in total. The number of nitrogens with zero attached hydrogens (tertiary/aromatic N) is 1. The minimum Gasteiger partial charge on any atom is -0.391 e. The number of sulfonamides is 1. The molecule has 180 valence electrons. The topological polar surface area (TPSA) is 57.6 Å². The van der Waals surface area contributed by atoms with Gasteiger partial charge in [0.05, 0.1) is 28.8 Å². The molecule has 1 atom stereocenters. The number of aryl methyl sites for hydroxylation is 1. The summed E-state index contributed by atoms with van der Waals surface area (Å²) in [5.74, 6) is -0.442. The number of halogens is 5. The van der Waals surface area contributed by atoms with E-state index in [1.54, 1.807) is 24.3 Å². The van der Waals surface area contributed by atoms with E-state index in [0.717, 1.165) is 22.5 Å². The average Bonchev–Trinajstić information content (AvgIpc) is 2.78. The number of anilines is 1. The molecule has 10 heteroatoms. The van der Waals surface area contributed by atoms with Crippen molar-refractivity contribution in [2.45, 2.75) is 36.4 Å². The van der Waals surface area contributed by atoms with Gasteiger partial charge in [0.15, 0.2) is 0 Å². The number of fused-ring (bicyclic) bond motifs is 1. The summed E-state index contributed by atoms with van der Waals surface area (Å²) >= 11 is 6.09. The zero-order valence-electron chi connectivity index (χ0n) is 17.7. The Balaban J connectivity index is 1.69. The Bertz CT molecular complexity index is 1310. The Kier molecular flexibility index (Phi) is 6.63. The molecule has 1 heterocycles. The molecule has 1 N–H and O–H groups in total. The molecule has 0 spiro atoms. The maximum atomic E-state index is 14.1. The van der Waals surface area contributed by atoms with Gasteiger partial charge >= 0.3 is 6.18 Å². The van der Waals surface area contributed by atoms with Gasteiger partial charge < -0.3 is 5.11 Å². The van der Waals surface area contributed by atoms with E-state index in [0.29, 0.717) is 29.2 Å². The molecule has 0 amide bonds. The highest BCUT2D eigenvalue weighted by molar-refractivity contribution is 7.92. The number of hydrogen-bond donors (Lipinski definition) is 1. The van der Waals surface area contributed by atoms with Crippen LogP contribution >= 0.6 is 11.6 Å². The van der Waals surface area contributed by atoms with Gasteiger partial charge in [0, 0.05) is 17.0 Å². The monoisotopic (exact) mass is 513 g/mol. The Morgan fingerprint density at radius 3 is 2.47 bits per heavy atom. The van der Waals surface area contributed by atoms with E-state index in [9.17, 15) is 31.1 Å². The lowest BCUT2D eigenvalue weighted by atomic mass is 9.97.